The molecule has 1 heterocycles. The second kappa shape index (κ2) is 3.52. The smallest absolute Gasteiger partial charge is 0.122 e. The van der Waals surface area contributed by atoms with Gasteiger partial charge in [-0.25, -0.2) is 0 Å². The first-order valence-corrected chi connectivity index (χ1v) is 4.33. The normalized spacial score (nSPS) is 10.3. The third kappa shape index (κ3) is 1.26. The summed E-state index contributed by atoms with van der Waals surface area (Å²) < 4.78 is 7.02. The summed E-state index contributed by atoms with van der Waals surface area (Å²) in [4.78, 5) is 0. The fraction of sp³-hybridized carbons (Fsp3) is 0.182. The van der Waals surface area contributed by atoms with Gasteiger partial charge in [0, 0.05) is 18.7 Å². The van der Waals surface area contributed by atoms with Crippen molar-refractivity contribution >= 4 is 10.9 Å². The zero-order chi connectivity index (χ0) is 9.97. The van der Waals surface area contributed by atoms with Crippen molar-refractivity contribution in [3.63, 3.8) is 0 Å². The van der Waals surface area contributed by atoms with Gasteiger partial charge in [0.25, 0.3) is 0 Å². The molecule has 0 aliphatic rings. The van der Waals surface area contributed by atoms with Crippen molar-refractivity contribution in [2.45, 2.75) is 6.73 Å². The summed E-state index contributed by atoms with van der Waals surface area (Å²) in [5.74, 6) is 0. The van der Waals surface area contributed by atoms with Gasteiger partial charge in [-0.15, -0.1) is 0 Å². The van der Waals surface area contributed by atoms with Gasteiger partial charge in [-0.1, -0.05) is 6.07 Å². The second-order valence-corrected chi connectivity index (χ2v) is 3.05. The Hall–Kier alpha value is -1.79. The Bertz CT molecular complexity index is 493. The summed E-state index contributed by atoms with van der Waals surface area (Å²) in [7, 11) is 1.65. The Kier molecular flexibility index (Phi) is 2.21. The molecule has 0 radical (unpaired) electrons. The van der Waals surface area contributed by atoms with Gasteiger partial charge in [0.2, 0.25) is 0 Å². The monoisotopic (exact) mass is 186 g/mol. The van der Waals surface area contributed by atoms with Gasteiger partial charge in [-0.05, 0) is 18.2 Å². The molecule has 0 N–H and O–H groups in total. The summed E-state index contributed by atoms with van der Waals surface area (Å²) in [6.45, 7) is 0.512. The van der Waals surface area contributed by atoms with Crippen LogP contribution in [0.5, 0.6) is 0 Å². The van der Waals surface area contributed by atoms with Gasteiger partial charge >= 0.3 is 0 Å². The molecule has 3 heteroatoms. The maximum absolute atomic E-state index is 8.88. The lowest BCUT2D eigenvalue weighted by Gasteiger charge is -2.02. The van der Waals surface area contributed by atoms with E-state index in [2.05, 4.69) is 6.07 Å². The zero-order valence-corrected chi connectivity index (χ0v) is 7.90. The van der Waals surface area contributed by atoms with E-state index in [1.165, 1.54) is 0 Å². The summed E-state index contributed by atoms with van der Waals surface area (Å²) in [6.07, 6.45) is 1.93. The highest BCUT2D eigenvalue weighted by atomic mass is 16.5. The van der Waals surface area contributed by atoms with Crippen molar-refractivity contribution in [3.8, 4) is 6.07 Å². The Balaban J connectivity index is 2.65. The molecule has 14 heavy (non-hydrogen) atoms. The van der Waals surface area contributed by atoms with Crippen LogP contribution in [0.4, 0.5) is 0 Å². The van der Waals surface area contributed by atoms with E-state index in [1.807, 2.05) is 35.0 Å². The highest BCUT2D eigenvalue weighted by Gasteiger charge is 2.03. The first-order valence-electron chi connectivity index (χ1n) is 4.33. The fourth-order valence-electron chi connectivity index (χ4n) is 1.57. The van der Waals surface area contributed by atoms with Crippen LogP contribution in [0.25, 0.3) is 10.9 Å². The molecule has 0 spiro atoms. The minimum atomic E-state index is 0.512. The Labute approximate surface area is 82.1 Å². The quantitative estimate of drug-likeness (QED) is 0.720. The molecule has 70 valence electrons. The predicted octanol–water partition coefficient (Wildman–Crippen LogP) is 2.12. The number of nitrogens with zero attached hydrogens (tertiary/aromatic N) is 2. The average Bonchev–Trinajstić information content (AvgIpc) is 2.62. The molecule has 2 rings (SSSR count). The SMILES string of the molecule is COCn1ccc2c(C#N)cccc21. The van der Waals surface area contributed by atoms with Gasteiger partial charge in [0.05, 0.1) is 17.1 Å². The van der Waals surface area contributed by atoms with Gasteiger partial charge in [0.15, 0.2) is 0 Å². The molecule has 1 aromatic carbocycles. The third-order valence-electron chi connectivity index (χ3n) is 2.20. The predicted molar refractivity (Wildman–Crippen MR) is 53.7 cm³/mol. The molecule has 0 aliphatic carbocycles. The molecule has 2 aromatic rings. The van der Waals surface area contributed by atoms with Crippen LogP contribution in [0.2, 0.25) is 0 Å². The number of aromatic nitrogens is 1. The summed E-state index contributed by atoms with van der Waals surface area (Å²) >= 11 is 0. The molecule has 0 fully saturated rings. The number of nitriles is 1. The van der Waals surface area contributed by atoms with Gasteiger partial charge in [-0.2, -0.15) is 5.26 Å². The van der Waals surface area contributed by atoms with E-state index in [4.69, 9.17) is 10.00 Å². The molecular weight excluding hydrogens is 176 g/mol. The van der Waals surface area contributed by atoms with Gasteiger partial charge in [0.1, 0.15) is 6.73 Å². The topological polar surface area (TPSA) is 38.0 Å². The van der Waals surface area contributed by atoms with Crippen molar-refractivity contribution in [2.24, 2.45) is 0 Å². The van der Waals surface area contributed by atoms with Gasteiger partial charge in [-0.3, -0.25) is 0 Å². The van der Waals surface area contributed by atoms with Crippen LogP contribution < -0.4 is 0 Å². The van der Waals surface area contributed by atoms with E-state index in [-0.39, 0.29) is 0 Å². The van der Waals surface area contributed by atoms with E-state index in [0.29, 0.717) is 12.3 Å². The van der Waals surface area contributed by atoms with Crippen molar-refractivity contribution < 1.29 is 4.74 Å². The van der Waals surface area contributed by atoms with Crippen molar-refractivity contribution in [3.05, 3.63) is 36.0 Å². The van der Waals surface area contributed by atoms with Crippen LogP contribution in [-0.2, 0) is 11.5 Å². The van der Waals surface area contributed by atoms with Crippen LogP contribution in [-0.4, -0.2) is 11.7 Å². The summed E-state index contributed by atoms with van der Waals surface area (Å²) in [5.41, 5.74) is 1.74. The number of hydrogen-bond acceptors (Lipinski definition) is 2. The summed E-state index contributed by atoms with van der Waals surface area (Å²) in [5, 5.41) is 9.86. The molecule has 0 bridgehead atoms. The first kappa shape index (κ1) is 8.79. The van der Waals surface area contributed by atoms with Crippen LogP contribution in [0.1, 0.15) is 5.56 Å². The Morgan fingerprint density at radius 2 is 2.29 bits per heavy atom. The number of ether oxygens (including phenoxy) is 1. The number of hydrogen-bond donors (Lipinski definition) is 0. The average molecular weight is 186 g/mol. The fourth-order valence-corrected chi connectivity index (χ4v) is 1.57. The van der Waals surface area contributed by atoms with Crippen LogP contribution in [0, 0.1) is 11.3 Å². The lowest BCUT2D eigenvalue weighted by atomic mass is 10.1. The summed E-state index contributed by atoms with van der Waals surface area (Å²) in [6, 6.07) is 9.79. The Morgan fingerprint density at radius 1 is 1.43 bits per heavy atom. The first-order chi connectivity index (χ1) is 6.86. The molecule has 0 aliphatic heterocycles. The highest BCUT2D eigenvalue weighted by molar-refractivity contribution is 5.85. The van der Waals surface area contributed by atoms with Crippen molar-refractivity contribution in [2.75, 3.05) is 7.11 Å². The molecule has 0 saturated heterocycles. The van der Waals surface area contributed by atoms with E-state index < -0.39 is 0 Å². The second-order valence-electron chi connectivity index (χ2n) is 3.05. The number of fused-ring (bicyclic) bond motifs is 1. The highest BCUT2D eigenvalue weighted by Crippen LogP contribution is 2.19. The van der Waals surface area contributed by atoms with Crippen LogP contribution in [0.3, 0.4) is 0 Å². The zero-order valence-electron chi connectivity index (χ0n) is 7.90. The van der Waals surface area contributed by atoms with Crippen LogP contribution in [0.15, 0.2) is 30.5 Å². The maximum atomic E-state index is 8.88. The minimum absolute atomic E-state index is 0.512. The lowest BCUT2D eigenvalue weighted by molar-refractivity contribution is 0.135. The largest absolute Gasteiger partial charge is 0.364 e. The van der Waals surface area contributed by atoms with Crippen LogP contribution >= 0.6 is 0 Å². The minimum Gasteiger partial charge on any atom is -0.364 e. The van der Waals surface area contributed by atoms with E-state index in [9.17, 15) is 0 Å². The molecule has 0 unspecified atom stereocenters. The molecular formula is C11H10N2O. The third-order valence-corrected chi connectivity index (χ3v) is 2.20. The Morgan fingerprint density at radius 3 is 3.00 bits per heavy atom. The molecule has 0 saturated carbocycles. The van der Waals surface area contributed by atoms with E-state index in [0.717, 1.165) is 10.9 Å². The van der Waals surface area contributed by atoms with E-state index >= 15 is 0 Å². The standard InChI is InChI=1S/C11H10N2O/c1-14-8-13-6-5-10-9(7-12)3-2-4-11(10)13/h2-6H,8H2,1H3. The van der Waals surface area contributed by atoms with E-state index in [1.54, 1.807) is 7.11 Å². The van der Waals surface area contributed by atoms with Gasteiger partial charge < -0.3 is 9.30 Å². The van der Waals surface area contributed by atoms with Crippen molar-refractivity contribution in [1.82, 2.24) is 4.57 Å². The maximum Gasteiger partial charge on any atom is 0.122 e. The number of rotatable bonds is 2. The molecule has 3 nitrogen and oxygen atoms in total. The molecule has 0 amide bonds. The number of methoxy groups -OCH3 is 1. The number of benzene rings is 1. The lowest BCUT2D eigenvalue weighted by Crippen LogP contribution is -1.96. The van der Waals surface area contributed by atoms with Crippen molar-refractivity contribution in [1.29, 1.82) is 5.26 Å². The molecule has 0 atom stereocenters. The molecule has 1 aromatic heterocycles.